The van der Waals surface area contributed by atoms with Crippen molar-refractivity contribution < 1.29 is 23.2 Å². The first-order chi connectivity index (χ1) is 32.3. The Morgan fingerprint density at radius 3 is 2.43 bits per heavy atom. The van der Waals surface area contributed by atoms with E-state index >= 15 is 8.78 Å². The highest BCUT2D eigenvalue weighted by Crippen LogP contribution is 2.35. The lowest BCUT2D eigenvalue weighted by molar-refractivity contribution is -0.133. The maximum Gasteiger partial charge on any atom is 0.257 e. The molecule has 15 nitrogen and oxygen atoms in total. The lowest BCUT2D eigenvalue weighted by Gasteiger charge is -2.43. The summed E-state index contributed by atoms with van der Waals surface area (Å²) in [6.45, 7) is 11.6. The number of hydrogen-bond acceptors (Lipinski definition) is 11. The molecular weight excluding hydrogens is 857 g/mol. The third-order valence-electron chi connectivity index (χ3n) is 14.3. The van der Waals surface area contributed by atoms with Crippen LogP contribution in [0.25, 0.3) is 22.3 Å². The summed E-state index contributed by atoms with van der Waals surface area (Å²) in [5.41, 5.74) is 6.26. The number of piperidine rings is 2. The first-order valence-electron chi connectivity index (χ1n) is 23.4. The maximum absolute atomic E-state index is 16.1. The largest absolute Gasteiger partial charge is 0.388 e. The van der Waals surface area contributed by atoms with Crippen molar-refractivity contribution in [1.29, 1.82) is 0 Å². The zero-order chi connectivity index (χ0) is 47.1. The summed E-state index contributed by atoms with van der Waals surface area (Å²) in [6.07, 6.45) is 10.1. The van der Waals surface area contributed by atoms with Crippen molar-refractivity contribution in [3.63, 3.8) is 0 Å². The van der Waals surface area contributed by atoms with E-state index in [0.717, 1.165) is 71.7 Å². The molecule has 3 atom stereocenters. The molecule has 5 aromatic rings. The van der Waals surface area contributed by atoms with Crippen LogP contribution in [0.15, 0.2) is 71.9 Å². The van der Waals surface area contributed by atoms with Crippen molar-refractivity contribution in [2.75, 3.05) is 74.9 Å². The van der Waals surface area contributed by atoms with Gasteiger partial charge in [0.05, 0.1) is 17.6 Å². The van der Waals surface area contributed by atoms with E-state index in [-0.39, 0.29) is 47.5 Å². The molecule has 0 radical (unpaired) electrons. The molecule has 3 amide bonds. The number of amides is 3. The molecule has 352 valence electrons. The van der Waals surface area contributed by atoms with E-state index in [0.29, 0.717) is 68.3 Å². The van der Waals surface area contributed by atoms with Gasteiger partial charge in [0.2, 0.25) is 11.8 Å². The molecule has 3 fully saturated rings. The molecule has 1 aromatic carbocycles. The third-order valence-corrected chi connectivity index (χ3v) is 14.3. The number of anilines is 3. The highest BCUT2D eigenvalue weighted by Gasteiger charge is 2.32. The third kappa shape index (κ3) is 9.31. The second kappa shape index (κ2) is 19.0. The SMILES string of the molecule is CNc1ccn(-c2ccnc3c2cc([C@H](C)N2CC=C(c4c(C)cc(C(=O)N5CCC(CN6CCN(c7ncc(N[C@H]8CCC(=O)NC8=O)cc7F)C[C@H]6C)CC5)cc4F)CC2)n3C)c(=O)c1. The van der Waals surface area contributed by atoms with Crippen molar-refractivity contribution in [3.05, 3.63) is 112 Å². The molecule has 3 N–H and O–H groups in total. The maximum atomic E-state index is 16.1. The summed E-state index contributed by atoms with van der Waals surface area (Å²) in [4.78, 5) is 68.1. The summed E-state index contributed by atoms with van der Waals surface area (Å²) in [6, 6.07) is 11.6. The molecule has 4 aliphatic rings. The fraction of sp³-hybridized carbons (Fsp3) is 0.440. The van der Waals surface area contributed by atoms with Gasteiger partial charge in [0.1, 0.15) is 17.5 Å². The van der Waals surface area contributed by atoms with E-state index in [1.54, 1.807) is 30.1 Å². The normalized spacial score (nSPS) is 20.5. The molecule has 17 heteroatoms. The van der Waals surface area contributed by atoms with Crippen LogP contribution in [0.3, 0.4) is 0 Å². The molecule has 67 heavy (non-hydrogen) atoms. The van der Waals surface area contributed by atoms with Gasteiger partial charge in [-0.05, 0) is 93.8 Å². The molecule has 0 saturated carbocycles. The minimum Gasteiger partial charge on any atom is -0.388 e. The van der Waals surface area contributed by atoms with Crippen molar-refractivity contribution in [2.45, 2.75) is 71.0 Å². The zero-order valence-electron chi connectivity index (χ0n) is 38.8. The van der Waals surface area contributed by atoms with Crippen LogP contribution in [-0.2, 0) is 16.6 Å². The lowest BCUT2D eigenvalue weighted by Crippen LogP contribution is -2.54. The van der Waals surface area contributed by atoms with E-state index in [1.165, 1.54) is 18.3 Å². The van der Waals surface area contributed by atoms with Crippen LogP contribution < -0.4 is 26.4 Å². The number of nitrogens with zero attached hydrogens (tertiary/aromatic N) is 8. The topological polar surface area (TPSA) is 153 Å². The quantitative estimate of drug-likeness (QED) is 0.136. The van der Waals surface area contributed by atoms with Crippen LogP contribution >= 0.6 is 0 Å². The Morgan fingerprint density at radius 1 is 0.940 bits per heavy atom. The Balaban J connectivity index is 0.773. The number of carbonyl (C=O) groups excluding carboxylic acids is 3. The van der Waals surface area contributed by atoms with Crippen LogP contribution in [0.2, 0.25) is 0 Å². The van der Waals surface area contributed by atoms with Gasteiger partial charge in [-0.1, -0.05) is 6.08 Å². The van der Waals surface area contributed by atoms with Gasteiger partial charge < -0.3 is 25.0 Å². The summed E-state index contributed by atoms with van der Waals surface area (Å²) < 4.78 is 35.1. The first-order valence-corrected chi connectivity index (χ1v) is 23.4. The van der Waals surface area contributed by atoms with Gasteiger partial charge in [-0.15, -0.1) is 0 Å². The Morgan fingerprint density at radius 2 is 1.75 bits per heavy atom. The molecule has 0 aliphatic carbocycles. The van der Waals surface area contributed by atoms with Gasteiger partial charge in [-0.2, -0.15) is 0 Å². The van der Waals surface area contributed by atoms with Crippen LogP contribution in [0.5, 0.6) is 0 Å². The number of carbonyl (C=O) groups is 3. The smallest absolute Gasteiger partial charge is 0.257 e. The number of imide groups is 1. The Hall–Kier alpha value is -6.46. The summed E-state index contributed by atoms with van der Waals surface area (Å²) in [7, 11) is 3.78. The standard InChI is InChI=1S/C50H59F2N11O4/c1-30-22-35(23-39(51)46(30)34-11-17-59(18-12-34)32(3)43-26-38-42(8-14-54-47(38)58(43)5)63-19-13-36(53-4)25-45(63)65)50(67)60-15-9-33(10-16-60)29-61-20-21-62(28-31(61)2)48-40(52)24-37(27-55-48)56-41-6-7-44(64)57-49(41)66/h8,11,13-14,19,22-27,31-33,41,53,56H,6-7,9-10,12,15-18,20-21,28-29H2,1-5H3,(H,57,64,66)/t31-,32+,41+/m1/s1. The predicted molar refractivity (Wildman–Crippen MR) is 255 cm³/mol. The molecule has 9 rings (SSSR count). The van der Waals surface area contributed by atoms with Gasteiger partial charge in [-0.25, -0.2) is 18.7 Å². The zero-order valence-corrected chi connectivity index (χ0v) is 38.8. The highest BCUT2D eigenvalue weighted by molar-refractivity contribution is 6.01. The number of hydrogen-bond donors (Lipinski definition) is 3. The minimum absolute atomic E-state index is 0.0228. The highest BCUT2D eigenvalue weighted by atomic mass is 19.1. The number of rotatable bonds is 11. The first kappa shape index (κ1) is 45.7. The van der Waals surface area contributed by atoms with Crippen molar-refractivity contribution in [1.82, 2.24) is 39.1 Å². The van der Waals surface area contributed by atoms with E-state index in [4.69, 9.17) is 0 Å². The number of aryl methyl sites for hydroxylation is 2. The lowest BCUT2D eigenvalue weighted by atomic mass is 9.92. The van der Waals surface area contributed by atoms with E-state index < -0.39 is 17.8 Å². The number of benzene rings is 1. The van der Waals surface area contributed by atoms with Crippen molar-refractivity contribution in [3.8, 4) is 5.69 Å². The second-order valence-electron chi connectivity index (χ2n) is 18.6. The number of aromatic nitrogens is 4. The number of piperazine rings is 1. The molecule has 3 saturated heterocycles. The van der Waals surface area contributed by atoms with Crippen molar-refractivity contribution in [2.24, 2.45) is 13.0 Å². The number of fused-ring (bicyclic) bond motifs is 1. The van der Waals surface area contributed by atoms with Crippen LogP contribution in [-0.4, -0.2) is 123 Å². The molecule has 0 bridgehead atoms. The second-order valence-corrected chi connectivity index (χ2v) is 18.6. The molecule has 0 spiro atoms. The molecule has 0 unspecified atom stereocenters. The number of likely N-dealkylation sites (tertiary alicyclic amines) is 1. The van der Waals surface area contributed by atoms with Gasteiger partial charge in [0, 0.05) is 137 Å². The monoisotopic (exact) mass is 915 g/mol. The molecular formula is C50H59F2N11O4. The minimum atomic E-state index is -0.616. The van der Waals surface area contributed by atoms with E-state index in [1.807, 2.05) is 42.0 Å². The van der Waals surface area contributed by atoms with Crippen molar-refractivity contribution >= 4 is 51.5 Å². The van der Waals surface area contributed by atoms with Gasteiger partial charge >= 0.3 is 0 Å². The van der Waals surface area contributed by atoms with Gasteiger partial charge in [0.15, 0.2) is 11.6 Å². The van der Waals surface area contributed by atoms with Crippen LogP contribution in [0.4, 0.5) is 26.0 Å². The Kier molecular flexibility index (Phi) is 13.0. The number of pyridine rings is 3. The summed E-state index contributed by atoms with van der Waals surface area (Å²) in [5.74, 6) is -1.05. The average molecular weight is 916 g/mol. The predicted octanol–water partition coefficient (Wildman–Crippen LogP) is 5.88. The fourth-order valence-electron chi connectivity index (χ4n) is 10.5. The number of nitrogens with one attached hydrogen (secondary N) is 3. The molecule has 4 aliphatic heterocycles. The molecule has 4 aromatic heterocycles. The fourth-order valence-corrected chi connectivity index (χ4v) is 10.5. The summed E-state index contributed by atoms with van der Waals surface area (Å²) in [5, 5.41) is 9.20. The Bertz CT molecular complexity index is 2790. The average Bonchev–Trinajstić information content (AvgIpc) is 3.66. The van der Waals surface area contributed by atoms with E-state index in [2.05, 4.69) is 66.3 Å². The number of halogens is 2. The summed E-state index contributed by atoms with van der Waals surface area (Å²) >= 11 is 0. The van der Waals surface area contributed by atoms with Gasteiger partial charge in [-0.3, -0.25) is 38.9 Å². The van der Waals surface area contributed by atoms with Crippen LogP contribution in [0, 0.1) is 24.5 Å². The Labute approximate surface area is 388 Å². The molecule has 8 heterocycles. The van der Waals surface area contributed by atoms with Crippen LogP contribution in [0.1, 0.15) is 79.2 Å². The van der Waals surface area contributed by atoms with E-state index in [9.17, 15) is 19.2 Å². The van der Waals surface area contributed by atoms with Gasteiger partial charge in [0.25, 0.3) is 11.5 Å².